The van der Waals surface area contributed by atoms with Crippen LogP contribution in [0, 0.1) is 11.7 Å². The maximum absolute atomic E-state index is 13.1. The Morgan fingerprint density at radius 3 is 2.95 bits per heavy atom. The molecule has 1 N–H and O–H groups in total. The normalized spacial score (nSPS) is 27.9. The van der Waals surface area contributed by atoms with Crippen molar-refractivity contribution in [3.05, 3.63) is 34.1 Å². The maximum Gasteiger partial charge on any atom is 0.124 e. The molecule has 110 valence electrons. The number of nitrogens with zero attached hydrogens (tertiary/aromatic N) is 1. The summed E-state index contributed by atoms with van der Waals surface area (Å²) in [5.74, 6) is 0.609. The maximum atomic E-state index is 13.1. The monoisotopic (exact) mass is 340 g/mol. The molecule has 2 unspecified atom stereocenters. The van der Waals surface area contributed by atoms with Gasteiger partial charge in [-0.25, -0.2) is 4.39 Å². The van der Waals surface area contributed by atoms with Gasteiger partial charge in [-0.05, 0) is 62.4 Å². The second kappa shape index (κ2) is 6.54. The fraction of sp³-hybridized carbons (Fsp3) is 0.625. The van der Waals surface area contributed by atoms with Crippen LogP contribution < -0.4 is 5.32 Å². The van der Waals surface area contributed by atoms with E-state index >= 15 is 0 Å². The van der Waals surface area contributed by atoms with Crippen molar-refractivity contribution in [2.24, 2.45) is 5.92 Å². The molecule has 2 saturated heterocycles. The Labute approximate surface area is 128 Å². The van der Waals surface area contributed by atoms with Gasteiger partial charge in [-0.15, -0.1) is 0 Å². The molecule has 1 aromatic rings. The second-order valence-electron chi connectivity index (χ2n) is 6.08. The van der Waals surface area contributed by atoms with Crippen LogP contribution in [-0.4, -0.2) is 30.6 Å². The molecule has 1 aromatic carbocycles. The highest BCUT2D eigenvalue weighted by atomic mass is 79.9. The SMILES string of the molecule is Fc1ccc(CN2CCCC(C3CCCN3)C2)c(Br)c1. The van der Waals surface area contributed by atoms with Crippen LogP contribution in [0.4, 0.5) is 4.39 Å². The molecule has 0 saturated carbocycles. The highest BCUT2D eigenvalue weighted by Crippen LogP contribution is 2.27. The number of likely N-dealkylation sites (tertiary alicyclic amines) is 1. The molecular formula is C16H22BrFN2. The number of hydrogen-bond donors (Lipinski definition) is 1. The van der Waals surface area contributed by atoms with Gasteiger partial charge in [-0.2, -0.15) is 0 Å². The summed E-state index contributed by atoms with van der Waals surface area (Å²) in [4.78, 5) is 2.52. The number of nitrogens with one attached hydrogen (secondary N) is 1. The number of halogens is 2. The van der Waals surface area contributed by atoms with Crippen molar-refractivity contribution in [1.82, 2.24) is 10.2 Å². The summed E-state index contributed by atoms with van der Waals surface area (Å²) in [5.41, 5.74) is 1.19. The van der Waals surface area contributed by atoms with E-state index in [-0.39, 0.29) is 5.82 Å². The first-order valence-electron chi connectivity index (χ1n) is 7.62. The second-order valence-corrected chi connectivity index (χ2v) is 6.93. The first-order chi connectivity index (χ1) is 9.72. The van der Waals surface area contributed by atoms with Crippen LogP contribution in [-0.2, 0) is 6.54 Å². The van der Waals surface area contributed by atoms with E-state index in [2.05, 4.69) is 26.1 Å². The number of piperidine rings is 1. The first kappa shape index (κ1) is 14.5. The molecule has 2 heterocycles. The Bertz CT molecular complexity index is 460. The predicted molar refractivity (Wildman–Crippen MR) is 83.1 cm³/mol. The third-order valence-corrected chi connectivity index (χ3v) is 5.36. The summed E-state index contributed by atoms with van der Waals surface area (Å²) in [6.45, 7) is 4.43. The minimum atomic E-state index is -0.174. The molecule has 0 amide bonds. The number of benzene rings is 1. The molecule has 2 nitrogen and oxygen atoms in total. The zero-order valence-corrected chi connectivity index (χ0v) is 13.3. The fourth-order valence-corrected chi connectivity index (χ4v) is 4.04. The van der Waals surface area contributed by atoms with Gasteiger partial charge < -0.3 is 5.32 Å². The van der Waals surface area contributed by atoms with Crippen molar-refractivity contribution in [1.29, 1.82) is 0 Å². The van der Waals surface area contributed by atoms with Gasteiger partial charge in [-0.1, -0.05) is 22.0 Å². The van der Waals surface area contributed by atoms with E-state index in [1.165, 1.54) is 44.3 Å². The molecule has 4 heteroatoms. The molecule has 0 radical (unpaired) electrons. The molecule has 0 spiro atoms. The molecule has 2 aliphatic heterocycles. The van der Waals surface area contributed by atoms with Gasteiger partial charge in [0.25, 0.3) is 0 Å². The Morgan fingerprint density at radius 2 is 2.20 bits per heavy atom. The highest BCUT2D eigenvalue weighted by molar-refractivity contribution is 9.10. The summed E-state index contributed by atoms with van der Waals surface area (Å²) >= 11 is 3.48. The van der Waals surface area contributed by atoms with Gasteiger partial charge in [0.15, 0.2) is 0 Å². The van der Waals surface area contributed by atoms with E-state index in [9.17, 15) is 4.39 Å². The van der Waals surface area contributed by atoms with Gasteiger partial charge in [0.05, 0.1) is 0 Å². The van der Waals surface area contributed by atoms with Crippen molar-refractivity contribution in [3.63, 3.8) is 0 Å². The van der Waals surface area contributed by atoms with Gasteiger partial charge in [0.2, 0.25) is 0 Å². The van der Waals surface area contributed by atoms with Crippen LogP contribution in [0.2, 0.25) is 0 Å². The zero-order valence-electron chi connectivity index (χ0n) is 11.7. The van der Waals surface area contributed by atoms with E-state index in [0.29, 0.717) is 0 Å². The van der Waals surface area contributed by atoms with Crippen molar-refractivity contribution in [3.8, 4) is 0 Å². The quantitative estimate of drug-likeness (QED) is 0.905. The van der Waals surface area contributed by atoms with Gasteiger partial charge in [0, 0.05) is 23.6 Å². The topological polar surface area (TPSA) is 15.3 Å². The van der Waals surface area contributed by atoms with Crippen molar-refractivity contribution in [2.45, 2.75) is 38.3 Å². The Balaban J connectivity index is 1.62. The lowest BCUT2D eigenvalue weighted by molar-refractivity contribution is 0.145. The average molecular weight is 341 g/mol. The third kappa shape index (κ3) is 3.41. The minimum Gasteiger partial charge on any atom is -0.314 e. The molecule has 2 aliphatic rings. The summed E-state index contributed by atoms with van der Waals surface area (Å²) in [6, 6.07) is 5.74. The van der Waals surface area contributed by atoms with Crippen molar-refractivity contribution in [2.75, 3.05) is 19.6 Å². The Hall–Kier alpha value is -0.450. The van der Waals surface area contributed by atoms with Crippen LogP contribution in [0.15, 0.2) is 22.7 Å². The average Bonchev–Trinajstić information content (AvgIpc) is 2.96. The number of rotatable bonds is 3. The largest absolute Gasteiger partial charge is 0.314 e. The summed E-state index contributed by atoms with van der Waals surface area (Å²) < 4.78 is 14.0. The number of hydrogen-bond acceptors (Lipinski definition) is 2. The lowest BCUT2D eigenvalue weighted by Gasteiger charge is -2.36. The lowest BCUT2D eigenvalue weighted by Crippen LogP contribution is -2.43. The first-order valence-corrected chi connectivity index (χ1v) is 8.41. The van der Waals surface area contributed by atoms with Gasteiger partial charge in [-0.3, -0.25) is 4.90 Å². The molecule has 3 rings (SSSR count). The Kier molecular flexibility index (Phi) is 4.74. The molecule has 0 aromatic heterocycles. The molecule has 0 aliphatic carbocycles. The van der Waals surface area contributed by atoms with Gasteiger partial charge in [0.1, 0.15) is 5.82 Å². The summed E-state index contributed by atoms with van der Waals surface area (Å²) in [7, 11) is 0. The third-order valence-electron chi connectivity index (χ3n) is 4.62. The van der Waals surface area contributed by atoms with Crippen molar-refractivity contribution >= 4 is 15.9 Å². The molecular weight excluding hydrogens is 319 g/mol. The summed E-state index contributed by atoms with van der Waals surface area (Å²) in [6.07, 6.45) is 5.28. The highest BCUT2D eigenvalue weighted by Gasteiger charge is 2.29. The van der Waals surface area contributed by atoms with Crippen LogP contribution in [0.5, 0.6) is 0 Å². The van der Waals surface area contributed by atoms with E-state index < -0.39 is 0 Å². The van der Waals surface area contributed by atoms with E-state index in [0.717, 1.165) is 29.5 Å². The standard InChI is InChI=1S/C16H22BrFN2/c17-15-9-14(18)6-5-12(15)10-20-8-2-3-13(11-20)16-4-1-7-19-16/h5-6,9,13,16,19H,1-4,7-8,10-11H2. The fourth-order valence-electron chi connectivity index (χ4n) is 3.57. The smallest absolute Gasteiger partial charge is 0.124 e. The minimum absolute atomic E-state index is 0.174. The Morgan fingerprint density at radius 1 is 1.30 bits per heavy atom. The molecule has 20 heavy (non-hydrogen) atoms. The van der Waals surface area contributed by atoms with E-state index in [1.807, 2.05) is 6.07 Å². The van der Waals surface area contributed by atoms with Crippen LogP contribution in [0.25, 0.3) is 0 Å². The molecule has 2 atom stereocenters. The van der Waals surface area contributed by atoms with Crippen LogP contribution >= 0.6 is 15.9 Å². The van der Waals surface area contributed by atoms with Crippen LogP contribution in [0.3, 0.4) is 0 Å². The predicted octanol–water partition coefficient (Wildman–Crippen LogP) is 3.55. The van der Waals surface area contributed by atoms with E-state index in [4.69, 9.17) is 0 Å². The summed E-state index contributed by atoms with van der Waals surface area (Å²) in [5, 5.41) is 3.64. The van der Waals surface area contributed by atoms with Gasteiger partial charge >= 0.3 is 0 Å². The molecule has 0 bridgehead atoms. The van der Waals surface area contributed by atoms with Crippen molar-refractivity contribution < 1.29 is 4.39 Å². The zero-order chi connectivity index (χ0) is 13.9. The van der Waals surface area contributed by atoms with Crippen LogP contribution in [0.1, 0.15) is 31.2 Å². The lowest BCUT2D eigenvalue weighted by atomic mass is 9.89. The van der Waals surface area contributed by atoms with E-state index in [1.54, 1.807) is 12.1 Å². The molecule has 2 fully saturated rings.